The Kier molecular flexibility index (Phi) is 4.80. The van der Waals surface area contributed by atoms with Crippen LogP contribution >= 0.6 is 0 Å². The molecule has 0 radical (unpaired) electrons. The van der Waals surface area contributed by atoms with Crippen molar-refractivity contribution in [3.8, 4) is 0 Å². The van der Waals surface area contributed by atoms with Crippen LogP contribution in [0.25, 0.3) is 0 Å². The van der Waals surface area contributed by atoms with Crippen LogP contribution in [0.3, 0.4) is 0 Å². The molecule has 4 atom stereocenters. The molecule has 0 saturated heterocycles. The van der Waals surface area contributed by atoms with Gasteiger partial charge in [-0.05, 0) is 61.9 Å². The van der Waals surface area contributed by atoms with Gasteiger partial charge in [0.1, 0.15) is 6.79 Å². The molecule has 2 saturated carbocycles. The number of rotatable bonds is 5. The average molecular weight is 292 g/mol. The van der Waals surface area contributed by atoms with Crippen LogP contribution in [0.15, 0.2) is 11.1 Å². The Hall–Kier alpha value is -0.670. The molecule has 0 aliphatic heterocycles. The van der Waals surface area contributed by atoms with Gasteiger partial charge in [-0.25, -0.2) is 0 Å². The Morgan fingerprint density at radius 1 is 1.10 bits per heavy atom. The van der Waals surface area contributed by atoms with Crippen LogP contribution in [0.1, 0.15) is 58.3 Å². The average Bonchev–Trinajstić information content (AvgIpc) is 2.91. The lowest BCUT2D eigenvalue weighted by atomic mass is 9.64. The second kappa shape index (κ2) is 6.62. The van der Waals surface area contributed by atoms with Crippen molar-refractivity contribution in [3.05, 3.63) is 11.1 Å². The third-order valence-corrected chi connectivity index (χ3v) is 5.83. The maximum absolute atomic E-state index is 12.2. The lowest BCUT2D eigenvalue weighted by Gasteiger charge is -2.41. The number of Topliss-reactive ketones (excluding diaryl/α,β-unsaturated/α-hetero) is 1. The molecule has 21 heavy (non-hydrogen) atoms. The number of ketones is 1. The highest BCUT2D eigenvalue weighted by Crippen LogP contribution is 2.52. The first-order valence-electron chi connectivity index (χ1n) is 8.61. The molecule has 0 spiro atoms. The third kappa shape index (κ3) is 2.83. The monoisotopic (exact) mass is 292 g/mol. The Balaban J connectivity index is 1.77. The highest BCUT2D eigenvalue weighted by molar-refractivity contribution is 5.97. The minimum atomic E-state index is 0.378. The van der Waals surface area contributed by atoms with Gasteiger partial charge in [0, 0.05) is 13.5 Å². The van der Waals surface area contributed by atoms with Crippen LogP contribution in [0.4, 0.5) is 0 Å². The van der Waals surface area contributed by atoms with Gasteiger partial charge in [0.05, 0.1) is 6.10 Å². The zero-order valence-electron chi connectivity index (χ0n) is 13.4. The molecule has 2 fully saturated rings. The lowest BCUT2D eigenvalue weighted by Crippen LogP contribution is -2.35. The molecule has 3 heteroatoms. The van der Waals surface area contributed by atoms with E-state index in [4.69, 9.17) is 9.47 Å². The van der Waals surface area contributed by atoms with Gasteiger partial charge in [-0.3, -0.25) is 4.79 Å². The third-order valence-electron chi connectivity index (χ3n) is 5.83. The van der Waals surface area contributed by atoms with Gasteiger partial charge in [-0.2, -0.15) is 0 Å². The highest BCUT2D eigenvalue weighted by atomic mass is 16.7. The van der Waals surface area contributed by atoms with Crippen LogP contribution in [-0.4, -0.2) is 25.8 Å². The van der Waals surface area contributed by atoms with Crippen molar-refractivity contribution in [2.75, 3.05) is 13.9 Å². The molecule has 118 valence electrons. The summed E-state index contributed by atoms with van der Waals surface area (Å²) in [5.41, 5.74) is 2.73. The highest BCUT2D eigenvalue weighted by Gasteiger charge is 2.46. The minimum Gasteiger partial charge on any atom is -0.359 e. The summed E-state index contributed by atoms with van der Waals surface area (Å²) in [5.74, 6) is 2.53. The predicted molar refractivity (Wildman–Crippen MR) is 81.9 cm³/mol. The van der Waals surface area contributed by atoms with E-state index in [1.807, 2.05) is 0 Å². The van der Waals surface area contributed by atoms with E-state index < -0.39 is 0 Å². The van der Waals surface area contributed by atoms with Gasteiger partial charge in [-0.15, -0.1) is 0 Å². The molecule has 0 N–H and O–H groups in total. The SMILES string of the molecule is CCCC1=C2CCC3C(CC[C@@H]3OCOC)C2CCC1=O. The summed E-state index contributed by atoms with van der Waals surface area (Å²) in [6.45, 7) is 2.60. The Morgan fingerprint density at radius 2 is 1.95 bits per heavy atom. The van der Waals surface area contributed by atoms with Gasteiger partial charge in [0.2, 0.25) is 0 Å². The molecule has 3 aliphatic rings. The van der Waals surface area contributed by atoms with Gasteiger partial charge in [0.25, 0.3) is 0 Å². The van der Waals surface area contributed by atoms with E-state index in [1.165, 1.54) is 30.4 Å². The summed E-state index contributed by atoms with van der Waals surface area (Å²) >= 11 is 0. The maximum atomic E-state index is 12.2. The molecular formula is C18H28O3. The van der Waals surface area contributed by atoms with Crippen LogP contribution in [0, 0.1) is 17.8 Å². The summed E-state index contributed by atoms with van der Waals surface area (Å²) < 4.78 is 11.0. The molecule has 3 nitrogen and oxygen atoms in total. The fraction of sp³-hybridized carbons (Fsp3) is 0.833. The van der Waals surface area contributed by atoms with E-state index in [9.17, 15) is 4.79 Å². The largest absolute Gasteiger partial charge is 0.359 e. The summed E-state index contributed by atoms with van der Waals surface area (Å²) in [6, 6.07) is 0. The van der Waals surface area contributed by atoms with Crippen LogP contribution < -0.4 is 0 Å². The number of carbonyl (C=O) groups excluding carboxylic acids is 1. The standard InChI is InChI=1S/C18H28O3/c1-3-4-15-13-5-6-16-14(12(13)7-9-17(15)19)8-10-18(16)21-11-20-2/h12,14,16,18H,3-11H2,1-2H3/t12?,14?,16?,18-/m0/s1. The zero-order valence-corrected chi connectivity index (χ0v) is 13.4. The van der Waals surface area contributed by atoms with E-state index in [2.05, 4.69) is 6.92 Å². The fourth-order valence-electron chi connectivity index (χ4n) is 5.02. The van der Waals surface area contributed by atoms with Crippen molar-refractivity contribution in [1.82, 2.24) is 0 Å². The number of ether oxygens (including phenoxy) is 2. The van der Waals surface area contributed by atoms with Gasteiger partial charge in [0.15, 0.2) is 5.78 Å². The van der Waals surface area contributed by atoms with Crippen molar-refractivity contribution in [1.29, 1.82) is 0 Å². The number of methoxy groups -OCH3 is 1. The number of allylic oxidation sites excluding steroid dienone is 2. The van der Waals surface area contributed by atoms with Crippen LogP contribution in [0.5, 0.6) is 0 Å². The van der Waals surface area contributed by atoms with Crippen LogP contribution in [-0.2, 0) is 14.3 Å². The van der Waals surface area contributed by atoms with Crippen molar-refractivity contribution < 1.29 is 14.3 Å². The van der Waals surface area contributed by atoms with Crippen molar-refractivity contribution in [2.45, 2.75) is 64.4 Å². The number of fused-ring (bicyclic) bond motifs is 3. The van der Waals surface area contributed by atoms with Gasteiger partial charge >= 0.3 is 0 Å². The smallest absolute Gasteiger partial charge is 0.158 e. The summed E-state index contributed by atoms with van der Waals surface area (Å²) in [4.78, 5) is 12.2. The number of hydrogen-bond acceptors (Lipinski definition) is 3. The molecule has 0 aromatic rings. The number of hydrogen-bond donors (Lipinski definition) is 0. The summed E-state index contributed by atoms with van der Waals surface area (Å²) in [7, 11) is 1.69. The molecule has 0 heterocycles. The van der Waals surface area contributed by atoms with E-state index in [0.717, 1.165) is 38.0 Å². The van der Waals surface area contributed by atoms with E-state index in [0.29, 0.717) is 30.5 Å². The normalized spacial score (nSPS) is 35.8. The first-order valence-corrected chi connectivity index (χ1v) is 8.61. The molecular weight excluding hydrogens is 264 g/mol. The molecule has 3 unspecified atom stereocenters. The minimum absolute atomic E-state index is 0.378. The summed E-state index contributed by atoms with van der Waals surface area (Å²) in [5, 5.41) is 0. The lowest BCUT2D eigenvalue weighted by molar-refractivity contribution is -0.117. The summed E-state index contributed by atoms with van der Waals surface area (Å²) in [6.07, 6.45) is 9.07. The molecule has 3 rings (SSSR count). The van der Waals surface area contributed by atoms with Gasteiger partial charge < -0.3 is 9.47 Å². The van der Waals surface area contributed by atoms with Crippen molar-refractivity contribution >= 4 is 5.78 Å². The first-order chi connectivity index (χ1) is 10.3. The Morgan fingerprint density at radius 3 is 2.71 bits per heavy atom. The molecule has 0 aromatic carbocycles. The van der Waals surface area contributed by atoms with Crippen molar-refractivity contribution in [3.63, 3.8) is 0 Å². The molecule has 0 bridgehead atoms. The van der Waals surface area contributed by atoms with Gasteiger partial charge in [-0.1, -0.05) is 18.9 Å². The first kappa shape index (κ1) is 15.2. The predicted octanol–water partition coefficient (Wildman–Crippen LogP) is 3.87. The van der Waals surface area contributed by atoms with E-state index in [-0.39, 0.29) is 0 Å². The van der Waals surface area contributed by atoms with Crippen molar-refractivity contribution in [2.24, 2.45) is 17.8 Å². The second-order valence-corrected chi connectivity index (χ2v) is 6.88. The molecule has 0 aromatic heterocycles. The van der Waals surface area contributed by atoms with E-state index >= 15 is 0 Å². The Bertz CT molecular complexity index is 426. The van der Waals surface area contributed by atoms with Crippen LogP contribution in [0.2, 0.25) is 0 Å². The molecule has 0 amide bonds. The maximum Gasteiger partial charge on any atom is 0.158 e. The number of carbonyl (C=O) groups is 1. The second-order valence-electron chi connectivity index (χ2n) is 6.88. The van der Waals surface area contributed by atoms with E-state index in [1.54, 1.807) is 7.11 Å². The molecule has 3 aliphatic carbocycles. The zero-order chi connectivity index (χ0) is 14.8. The quantitative estimate of drug-likeness (QED) is 0.722. The fourth-order valence-corrected chi connectivity index (χ4v) is 5.02. The Labute approximate surface area is 128 Å². The topological polar surface area (TPSA) is 35.5 Å².